The minimum atomic E-state index is -0.577. The van der Waals surface area contributed by atoms with Gasteiger partial charge in [0.25, 0.3) is 0 Å². The van der Waals surface area contributed by atoms with Gasteiger partial charge in [0.2, 0.25) is 5.91 Å². The Morgan fingerprint density at radius 3 is 2.24 bits per heavy atom. The molecule has 184 valence electrons. The number of nitrogens with zero attached hydrogens (tertiary/aromatic N) is 1. The molecule has 6 nitrogen and oxygen atoms in total. The number of carbonyl (C=O) groups excluding carboxylic acids is 2. The van der Waals surface area contributed by atoms with Crippen LogP contribution in [0.15, 0.2) is 12.1 Å². The first-order chi connectivity index (χ1) is 15.7. The number of likely N-dealkylation sites (tertiary alicyclic amines) is 1. The normalized spacial score (nSPS) is 20.8. The highest BCUT2D eigenvalue weighted by atomic mass is 16.6. The number of piperidine rings is 1. The van der Waals surface area contributed by atoms with Crippen LogP contribution in [0.5, 0.6) is 11.5 Å². The molecule has 0 spiro atoms. The van der Waals surface area contributed by atoms with E-state index in [1.165, 1.54) is 6.42 Å². The van der Waals surface area contributed by atoms with Crippen LogP contribution in [0.2, 0.25) is 0 Å². The van der Waals surface area contributed by atoms with Gasteiger partial charge in [0.15, 0.2) is 11.5 Å². The van der Waals surface area contributed by atoms with Crippen molar-refractivity contribution in [3.63, 3.8) is 0 Å². The van der Waals surface area contributed by atoms with E-state index in [9.17, 15) is 9.59 Å². The Morgan fingerprint density at radius 2 is 1.64 bits per heavy atom. The molecule has 1 aromatic carbocycles. The van der Waals surface area contributed by atoms with Gasteiger partial charge in [-0.3, -0.25) is 4.79 Å². The summed E-state index contributed by atoms with van der Waals surface area (Å²) in [6.07, 6.45) is 8.02. The maximum absolute atomic E-state index is 14.2. The summed E-state index contributed by atoms with van der Waals surface area (Å²) in [5.74, 6) is 1.05. The number of amides is 1. The first kappa shape index (κ1) is 25.4. The van der Waals surface area contributed by atoms with Crippen LogP contribution in [-0.2, 0) is 14.3 Å². The summed E-state index contributed by atoms with van der Waals surface area (Å²) in [6.45, 7) is 8.20. The van der Waals surface area contributed by atoms with Gasteiger partial charge in [-0.2, -0.15) is 0 Å². The van der Waals surface area contributed by atoms with E-state index in [0.29, 0.717) is 24.5 Å². The van der Waals surface area contributed by atoms with E-state index in [0.717, 1.165) is 49.7 Å². The van der Waals surface area contributed by atoms with Gasteiger partial charge < -0.3 is 19.1 Å². The summed E-state index contributed by atoms with van der Waals surface area (Å²) in [6, 6.07) is 3.50. The van der Waals surface area contributed by atoms with Gasteiger partial charge in [-0.25, -0.2) is 4.79 Å². The van der Waals surface area contributed by atoms with Gasteiger partial charge in [-0.1, -0.05) is 25.3 Å². The van der Waals surface area contributed by atoms with Gasteiger partial charge in [-0.05, 0) is 82.9 Å². The van der Waals surface area contributed by atoms with Crippen molar-refractivity contribution in [1.29, 1.82) is 0 Å². The number of rotatable bonds is 6. The number of esters is 1. The van der Waals surface area contributed by atoms with Crippen LogP contribution in [0.25, 0.3) is 0 Å². The summed E-state index contributed by atoms with van der Waals surface area (Å²) < 4.78 is 16.9. The highest BCUT2D eigenvalue weighted by molar-refractivity contribution is 5.89. The fourth-order valence-corrected chi connectivity index (χ4v) is 5.43. The molecule has 0 N–H and O–H groups in total. The molecule has 1 aliphatic carbocycles. The van der Waals surface area contributed by atoms with Crippen molar-refractivity contribution in [3.05, 3.63) is 23.3 Å². The van der Waals surface area contributed by atoms with E-state index in [4.69, 9.17) is 14.2 Å². The Labute approximate surface area is 199 Å². The minimum absolute atomic E-state index is 0.0454. The van der Waals surface area contributed by atoms with Crippen LogP contribution < -0.4 is 9.47 Å². The predicted octanol–water partition coefficient (Wildman–Crippen LogP) is 5.40. The highest BCUT2D eigenvalue weighted by Gasteiger charge is 2.41. The summed E-state index contributed by atoms with van der Waals surface area (Å²) in [5.41, 5.74) is 1.32. The third-order valence-corrected chi connectivity index (χ3v) is 6.90. The highest BCUT2D eigenvalue weighted by Crippen LogP contribution is 2.42. The third kappa shape index (κ3) is 6.01. The second kappa shape index (κ2) is 10.8. The van der Waals surface area contributed by atoms with E-state index in [1.54, 1.807) is 14.2 Å². The topological polar surface area (TPSA) is 65.1 Å². The maximum Gasteiger partial charge on any atom is 0.329 e. The molecular weight excluding hydrogens is 418 g/mol. The second-order valence-electron chi connectivity index (χ2n) is 10.5. The number of hydrogen-bond acceptors (Lipinski definition) is 5. The molecule has 1 aromatic rings. The summed E-state index contributed by atoms with van der Waals surface area (Å²) in [7, 11) is 3.26. The van der Waals surface area contributed by atoms with E-state index < -0.39 is 11.6 Å². The largest absolute Gasteiger partial charge is 0.493 e. The van der Waals surface area contributed by atoms with Crippen LogP contribution in [0, 0.1) is 12.8 Å². The molecule has 1 amide bonds. The number of benzene rings is 1. The minimum Gasteiger partial charge on any atom is -0.493 e. The molecule has 1 saturated heterocycles. The van der Waals surface area contributed by atoms with Gasteiger partial charge in [0.1, 0.15) is 11.6 Å². The molecule has 2 atom stereocenters. The lowest BCUT2D eigenvalue weighted by Crippen LogP contribution is -2.52. The molecule has 3 rings (SSSR count). The van der Waals surface area contributed by atoms with Gasteiger partial charge in [0.05, 0.1) is 20.1 Å². The number of ether oxygens (including phenoxy) is 3. The van der Waals surface area contributed by atoms with E-state index in [-0.39, 0.29) is 23.7 Å². The molecule has 6 heteroatoms. The average molecular weight is 460 g/mol. The number of methoxy groups -OCH3 is 2. The zero-order valence-electron chi connectivity index (χ0n) is 21.2. The quantitative estimate of drug-likeness (QED) is 0.533. The fourth-order valence-electron chi connectivity index (χ4n) is 5.43. The van der Waals surface area contributed by atoms with Gasteiger partial charge >= 0.3 is 5.97 Å². The first-order valence-electron chi connectivity index (χ1n) is 12.4. The zero-order valence-corrected chi connectivity index (χ0v) is 21.2. The molecule has 0 aromatic heterocycles. The Hall–Kier alpha value is -2.24. The van der Waals surface area contributed by atoms with Crippen molar-refractivity contribution in [3.8, 4) is 11.5 Å². The molecule has 33 heavy (non-hydrogen) atoms. The Balaban J connectivity index is 1.99. The first-order valence-corrected chi connectivity index (χ1v) is 12.4. The van der Waals surface area contributed by atoms with Crippen LogP contribution in [0.4, 0.5) is 0 Å². The lowest BCUT2D eigenvalue weighted by atomic mass is 9.75. The molecule has 1 saturated carbocycles. The Bertz CT molecular complexity index is 838. The zero-order chi connectivity index (χ0) is 24.2. The lowest BCUT2D eigenvalue weighted by molar-refractivity contribution is -0.167. The van der Waals surface area contributed by atoms with Crippen molar-refractivity contribution in [2.75, 3.05) is 20.8 Å². The summed E-state index contributed by atoms with van der Waals surface area (Å²) in [5, 5.41) is 0. The monoisotopic (exact) mass is 459 g/mol. The fraction of sp³-hybridized carbons (Fsp3) is 0.704. The summed E-state index contributed by atoms with van der Waals surface area (Å²) in [4.78, 5) is 29.0. The number of carbonyl (C=O) groups is 2. The predicted molar refractivity (Wildman–Crippen MR) is 129 cm³/mol. The number of aryl methyl sites for hydroxylation is 1. The van der Waals surface area contributed by atoms with E-state index in [2.05, 4.69) is 6.07 Å². The van der Waals surface area contributed by atoms with Crippen molar-refractivity contribution < 1.29 is 23.8 Å². The second-order valence-corrected chi connectivity index (χ2v) is 10.5. The Morgan fingerprint density at radius 1 is 0.970 bits per heavy atom. The van der Waals surface area contributed by atoms with Crippen LogP contribution >= 0.6 is 0 Å². The van der Waals surface area contributed by atoms with Crippen molar-refractivity contribution >= 4 is 11.9 Å². The number of hydrogen-bond donors (Lipinski definition) is 0. The van der Waals surface area contributed by atoms with Crippen LogP contribution in [0.1, 0.15) is 89.2 Å². The van der Waals surface area contributed by atoms with E-state index in [1.807, 2.05) is 38.7 Å². The van der Waals surface area contributed by atoms with Crippen molar-refractivity contribution in [2.45, 2.75) is 96.6 Å². The molecular formula is C27H41NO5. The maximum atomic E-state index is 14.2. The van der Waals surface area contributed by atoms with Gasteiger partial charge in [0, 0.05) is 6.54 Å². The lowest BCUT2D eigenvalue weighted by Gasteiger charge is -2.40. The van der Waals surface area contributed by atoms with Crippen LogP contribution in [0.3, 0.4) is 0 Å². The van der Waals surface area contributed by atoms with Crippen molar-refractivity contribution in [2.24, 2.45) is 5.92 Å². The molecule has 2 fully saturated rings. The van der Waals surface area contributed by atoms with Crippen molar-refractivity contribution in [1.82, 2.24) is 4.90 Å². The standard InChI is InChI=1S/C27H41NO5/c1-18-16-20(17-22(31-5)24(18)32-6)23(19-12-8-7-9-13-19)25(29)28-15-11-10-14-21(28)26(30)33-27(2,3)4/h16-17,19,21,23H,7-15H2,1-6H3/t21-,23-/m0/s1. The van der Waals surface area contributed by atoms with E-state index >= 15 is 0 Å². The molecule has 2 aliphatic rings. The van der Waals surface area contributed by atoms with Gasteiger partial charge in [-0.15, -0.1) is 0 Å². The Kier molecular flexibility index (Phi) is 8.30. The smallest absolute Gasteiger partial charge is 0.329 e. The molecule has 1 aliphatic heterocycles. The van der Waals surface area contributed by atoms with Crippen LogP contribution in [-0.4, -0.2) is 49.2 Å². The molecule has 0 bridgehead atoms. The SMILES string of the molecule is COc1cc([C@@H](C(=O)N2CCCC[C@H]2C(=O)OC(C)(C)C)C2CCCCC2)cc(C)c1OC. The third-order valence-electron chi connectivity index (χ3n) is 6.90. The summed E-state index contributed by atoms with van der Waals surface area (Å²) >= 11 is 0. The average Bonchev–Trinajstić information content (AvgIpc) is 2.78. The molecule has 1 heterocycles. The molecule has 0 unspecified atom stereocenters. The molecule has 0 radical (unpaired) electrons.